The number of hydrogen-bond donors (Lipinski definition) is 2. The van der Waals surface area contributed by atoms with E-state index in [1.165, 1.54) is 36.4 Å². The van der Waals surface area contributed by atoms with Gasteiger partial charge in [0.2, 0.25) is 0 Å². The number of non-ortho nitro benzene ring substituents is 1. The van der Waals surface area contributed by atoms with E-state index in [-0.39, 0.29) is 27.8 Å². The van der Waals surface area contributed by atoms with Crippen LogP contribution in [0.2, 0.25) is 0 Å². The van der Waals surface area contributed by atoms with E-state index in [9.17, 15) is 41.6 Å². The quantitative estimate of drug-likeness (QED) is 0.156. The molecule has 5 rings (SSSR count). The van der Waals surface area contributed by atoms with Crippen LogP contribution in [0.15, 0.2) is 79.7 Å². The van der Waals surface area contributed by atoms with E-state index < -0.39 is 63.4 Å². The third kappa shape index (κ3) is 3.95. The van der Waals surface area contributed by atoms with Gasteiger partial charge in [0.15, 0.2) is 10.6 Å². The molecule has 15 heteroatoms. The molecule has 0 spiro atoms. The van der Waals surface area contributed by atoms with Gasteiger partial charge in [-0.1, -0.05) is 24.3 Å². The average Bonchev–Trinajstić information content (AvgIpc) is 2.83. The van der Waals surface area contributed by atoms with Crippen molar-refractivity contribution in [1.29, 1.82) is 0 Å². The van der Waals surface area contributed by atoms with Crippen molar-refractivity contribution in [1.82, 2.24) is 0 Å². The number of carboxylic acids is 1. The number of anilines is 1. The molecule has 2 N–H and O–H groups in total. The van der Waals surface area contributed by atoms with E-state index in [1.807, 2.05) is 0 Å². The van der Waals surface area contributed by atoms with Crippen LogP contribution in [0.25, 0.3) is 22.1 Å². The van der Waals surface area contributed by atoms with E-state index in [2.05, 4.69) is 4.72 Å². The topological polar surface area (TPSA) is 200 Å². The minimum Gasteiger partial charge on any atom is -0.478 e. The highest BCUT2D eigenvalue weighted by Crippen LogP contribution is 2.47. The number of aromatic carboxylic acids is 1. The number of benzene rings is 3. The summed E-state index contributed by atoms with van der Waals surface area (Å²) in [6, 6.07) is 12.3. The van der Waals surface area contributed by atoms with Crippen LogP contribution in [0.3, 0.4) is 0 Å². The van der Waals surface area contributed by atoms with Crippen LogP contribution in [-0.4, -0.2) is 32.8 Å². The third-order valence-corrected chi connectivity index (χ3v) is 8.07. The van der Waals surface area contributed by atoms with Crippen molar-refractivity contribution in [3.05, 3.63) is 86.8 Å². The number of hydrogen-bond acceptors (Lipinski definition) is 10. The van der Waals surface area contributed by atoms with Crippen molar-refractivity contribution in [2.24, 2.45) is 0 Å². The summed E-state index contributed by atoms with van der Waals surface area (Å²) in [7, 11) is -8.67. The van der Waals surface area contributed by atoms with Gasteiger partial charge in [-0.3, -0.25) is 14.8 Å². The standard InChI is InChI=1S/C22H12N2O11S2/c25-21(26)16-8-7-15(19-20(16)37(32,33)35-19)14-6-1-3-11-9-17(22(27)34-18(11)14)23-36(30,31)13-5-2-4-12(10-13)24(28)29/h1-10,23H,(H,25,26). The second kappa shape index (κ2) is 8.14. The molecule has 13 nitrogen and oxygen atoms in total. The molecule has 1 aliphatic rings. The van der Waals surface area contributed by atoms with Gasteiger partial charge in [0.25, 0.3) is 15.7 Å². The van der Waals surface area contributed by atoms with Crippen LogP contribution >= 0.6 is 0 Å². The highest BCUT2D eigenvalue weighted by molar-refractivity contribution is 7.92. The minimum atomic E-state index is -4.41. The maximum Gasteiger partial charge on any atom is 0.360 e. The molecule has 2 heterocycles. The van der Waals surface area contributed by atoms with Crippen molar-refractivity contribution >= 4 is 48.5 Å². The lowest BCUT2D eigenvalue weighted by atomic mass is 10.00. The van der Waals surface area contributed by atoms with E-state index >= 15 is 0 Å². The number of nitro groups is 1. The second-order valence-corrected chi connectivity index (χ2v) is 10.9. The summed E-state index contributed by atoms with van der Waals surface area (Å²) in [6.45, 7) is 0. The molecule has 0 unspecified atom stereocenters. The molecule has 1 aliphatic heterocycles. The van der Waals surface area contributed by atoms with Crippen LogP contribution in [0.5, 0.6) is 5.75 Å². The molecule has 0 saturated carbocycles. The molecule has 0 bridgehead atoms. The number of para-hydroxylation sites is 1. The second-order valence-electron chi connectivity index (χ2n) is 7.69. The zero-order chi connectivity index (χ0) is 26.7. The number of nitro benzene ring substituents is 1. The Morgan fingerprint density at radius 1 is 1.03 bits per heavy atom. The molecule has 1 aromatic heterocycles. The molecule has 0 saturated heterocycles. The van der Waals surface area contributed by atoms with E-state index in [1.54, 1.807) is 0 Å². The largest absolute Gasteiger partial charge is 0.478 e. The molecule has 3 aromatic carbocycles. The maximum atomic E-state index is 12.8. The van der Waals surface area contributed by atoms with Crippen molar-refractivity contribution in [3.8, 4) is 16.9 Å². The van der Waals surface area contributed by atoms with Crippen LogP contribution < -0.4 is 14.5 Å². The Kier molecular flexibility index (Phi) is 5.27. The molecule has 0 aliphatic carbocycles. The first kappa shape index (κ1) is 24.0. The Balaban J connectivity index is 1.61. The fourth-order valence-corrected chi connectivity index (χ4v) is 6.03. The Morgan fingerprint density at radius 2 is 1.76 bits per heavy atom. The van der Waals surface area contributed by atoms with Crippen molar-refractivity contribution < 1.29 is 40.3 Å². The highest BCUT2D eigenvalue weighted by atomic mass is 32.2. The van der Waals surface area contributed by atoms with Crippen molar-refractivity contribution in [2.75, 3.05) is 4.72 Å². The Bertz CT molecular complexity index is 1950. The van der Waals surface area contributed by atoms with E-state index in [0.29, 0.717) is 0 Å². The first-order valence-electron chi connectivity index (χ1n) is 10.1. The zero-order valence-electron chi connectivity index (χ0n) is 18.1. The molecule has 4 aromatic rings. The minimum absolute atomic E-state index is 0.0519. The van der Waals surface area contributed by atoms with Gasteiger partial charge in [-0.15, -0.1) is 0 Å². The summed E-state index contributed by atoms with van der Waals surface area (Å²) >= 11 is 0. The van der Waals surface area contributed by atoms with Crippen LogP contribution in [0, 0.1) is 10.1 Å². The first-order chi connectivity index (χ1) is 17.4. The monoisotopic (exact) mass is 544 g/mol. The number of carbonyl (C=O) groups is 1. The fraction of sp³-hybridized carbons (Fsp3) is 0. The van der Waals surface area contributed by atoms with Gasteiger partial charge in [0.1, 0.15) is 11.3 Å². The van der Waals surface area contributed by atoms with E-state index in [4.69, 9.17) is 8.60 Å². The number of nitrogens with one attached hydrogen (secondary N) is 1. The summed E-state index contributed by atoms with van der Waals surface area (Å²) < 4.78 is 61.8. The van der Waals surface area contributed by atoms with Crippen LogP contribution in [0.1, 0.15) is 10.4 Å². The van der Waals surface area contributed by atoms with Gasteiger partial charge in [0, 0.05) is 28.6 Å². The van der Waals surface area contributed by atoms with Gasteiger partial charge >= 0.3 is 21.7 Å². The van der Waals surface area contributed by atoms with E-state index in [0.717, 1.165) is 24.3 Å². The summed E-state index contributed by atoms with van der Waals surface area (Å²) in [5, 5.41) is 20.5. The molecule has 0 radical (unpaired) electrons. The smallest absolute Gasteiger partial charge is 0.360 e. The average molecular weight is 544 g/mol. The molecule has 0 atom stereocenters. The van der Waals surface area contributed by atoms with Crippen molar-refractivity contribution in [2.45, 2.75) is 9.79 Å². The highest BCUT2D eigenvalue weighted by Gasteiger charge is 2.41. The predicted octanol–water partition coefficient (Wildman–Crippen LogP) is 2.95. The zero-order valence-corrected chi connectivity index (χ0v) is 19.7. The Labute approximate surface area is 206 Å². The fourth-order valence-electron chi connectivity index (χ4n) is 3.79. The summed E-state index contributed by atoms with van der Waals surface area (Å²) in [5.41, 5.74) is -2.27. The molecule has 0 fully saturated rings. The van der Waals surface area contributed by atoms with Gasteiger partial charge in [-0.25, -0.2) is 18.0 Å². The summed E-state index contributed by atoms with van der Waals surface area (Å²) in [6.07, 6.45) is 0. The number of nitrogens with zero attached hydrogens (tertiary/aromatic N) is 1. The SMILES string of the molecule is O=C(O)c1ccc(-c2cccc3cc(NS(=O)(=O)c4cccc([N+](=O)[O-])c4)c(=O)oc23)c2c1S(=O)(=O)O2. The normalized spacial score (nSPS) is 13.7. The molecular weight excluding hydrogens is 532 g/mol. The molecule has 0 amide bonds. The third-order valence-electron chi connectivity index (χ3n) is 5.42. The van der Waals surface area contributed by atoms with Gasteiger partial charge in [0.05, 0.1) is 15.4 Å². The van der Waals surface area contributed by atoms with Gasteiger partial charge < -0.3 is 13.7 Å². The number of fused-ring (bicyclic) bond motifs is 2. The lowest BCUT2D eigenvalue weighted by Gasteiger charge is -2.24. The van der Waals surface area contributed by atoms with Crippen molar-refractivity contribution in [3.63, 3.8) is 0 Å². The summed E-state index contributed by atoms with van der Waals surface area (Å²) in [5.74, 6) is -1.70. The Morgan fingerprint density at radius 3 is 2.43 bits per heavy atom. The predicted molar refractivity (Wildman–Crippen MR) is 127 cm³/mol. The molecular formula is C22H12N2O11S2. The number of sulfonamides is 1. The lowest BCUT2D eigenvalue weighted by molar-refractivity contribution is -0.385. The summed E-state index contributed by atoms with van der Waals surface area (Å²) in [4.78, 5) is 33.4. The maximum absolute atomic E-state index is 12.8. The van der Waals surface area contributed by atoms with Gasteiger partial charge in [-0.05, 0) is 24.3 Å². The van der Waals surface area contributed by atoms with Crippen LogP contribution in [0.4, 0.5) is 11.4 Å². The number of carboxylic acid groups (broad SMARTS) is 1. The molecule has 37 heavy (non-hydrogen) atoms. The van der Waals surface area contributed by atoms with Gasteiger partial charge in [-0.2, -0.15) is 8.42 Å². The molecule has 188 valence electrons. The van der Waals surface area contributed by atoms with Crippen LogP contribution in [-0.2, 0) is 20.1 Å². The Hall–Kier alpha value is -4.76. The number of rotatable bonds is 6. The lowest BCUT2D eigenvalue weighted by Crippen LogP contribution is -2.25. The first-order valence-corrected chi connectivity index (χ1v) is 13.0.